The lowest BCUT2D eigenvalue weighted by Crippen LogP contribution is -2.42. The van der Waals surface area contributed by atoms with E-state index in [-0.39, 0.29) is 18.0 Å². The van der Waals surface area contributed by atoms with E-state index in [9.17, 15) is 4.79 Å². The number of carbonyl (C=O) groups excluding carboxylic acids is 1. The summed E-state index contributed by atoms with van der Waals surface area (Å²) in [7, 11) is 0. The average molecular weight is 345 g/mol. The molecular formula is C18H23N3O2S. The van der Waals surface area contributed by atoms with Crippen LogP contribution in [0.4, 0.5) is 0 Å². The van der Waals surface area contributed by atoms with Crippen molar-refractivity contribution in [2.45, 2.75) is 38.9 Å². The lowest BCUT2D eigenvalue weighted by molar-refractivity contribution is -0.123. The number of para-hydroxylation sites is 1. The second-order valence-corrected chi connectivity index (χ2v) is 7.16. The molecule has 2 heterocycles. The maximum Gasteiger partial charge on any atom is 0.238 e. The molecule has 0 bridgehead atoms. The van der Waals surface area contributed by atoms with Crippen molar-refractivity contribution in [3.05, 3.63) is 51.7 Å². The van der Waals surface area contributed by atoms with Gasteiger partial charge in [0.25, 0.3) is 0 Å². The quantitative estimate of drug-likeness (QED) is 0.753. The fourth-order valence-electron chi connectivity index (χ4n) is 2.81. The number of ether oxygens (including phenoxy) is 1. The van der Waals surface area contributed by atoms with Gasteiger partial charge in [-0.1, -0.05) is 18.2 Å². The van der Waals surface area contributed by atoms with E-state index in [0.29, 0.717) is 13.2 Å². The van der Waals surface area contributed by atoms with E-state index < -0.39 is 0 Å². The van der Waals surface area contributed by atoms with Gasteiger partial charge in [0.1, 0.15) is 11.8 Å². The van der Waals surface area contributed by atoms with Crippen LogP contribution in [0.3, 0.4) is 0 Å². The first-order valence-corrected chi connectivity index (χ1v) is 9.05. The number of hydrazine groups is 1. The van der Waals surface area contributed by atoms with Crippen LogP contribution in [0.15, 0.2) is 36.4 Å². The molecule has 3 N–H and O–H groups in total. The van der Waals surface area contributed by atoms with Gasteiger partial charge in [-0.25, -0.2) is 10.9 Å². The number of hydrogen-bond acceptors (Lipinski definition) is 5. The summed E-state index contributed by atoms with van der Waals surface area (Å²) < 4.78 is 5.59. The molecule has 1 saturated heterocycles. The van der Waals surface area contributed by atoms with Crippen LogP contribution in [-0.4, -0.2) is 18.6 Å². The molecule has 5 nitrogen and oxygen atoms in total. The Hall–Kier alpha value is -1.89. The Kier molecular flexibility index (Phi) is 5.50. The van der Waals surface area contributed by atoms with E-state index in [1.807, 2.05) is 31.2 Å². The maximum atomic E-state index is 12.4. The zero-order valence-corrected chi connectivity index (χ0v) is 14.8. The van der Waals surface area contributed by atoms with E-state index in [0.717, 1.165) is 17.7 Å². The molecule has 1 aliphatic rings. The van der Waals surface area contributed by atoms with Crippen LogP contribution in [0.2, 0.25) is 0 Å². The van der Waals surface area contributed by atoms with Crippen molar-refractivity contribution < 1.29 is 9.53 Å². The predicted molar refractivity (Wildman–Crippen MR) is 95.9 cm³/mol. The Morgan fingerprint density at radius 2 is 2.12 bits per heavy atom. The van der Waals surface area contributed by atoms with Crippen LogP contribution in [-0.2, 0) is 11.3 Å². The van der Waals surface area contributed by atoms with Gasteiger partial charge in [-0.05, 0) is 38.5 Å². The van der Waals surface area contributed by atoms with Gasteiger partial charge in [-0.3, -0.25) is 4.79 Å². The second-order valence-electron chi connectivity index (χ2n) is 5.84. The molecule has 1 fully saturated rings. The Morgan fingerprint density at radius 3 is 2.88 bits per heavy atom. The SMILES string of the molecule is CCOc1ccccc1CNC(=O)C1CC(c2ccc(C)s2)NN1. The third-order valence-corrected chi connectivity index (χ3v) is 5.16. The van der Waals surface area contributed by atoms with Gasteiger partial charge in [0.15, 0.2) is 0 Å². The minimum absolute atomic E-state index is 0.00424. The van der Waals surface area contributed by atoms with Crippen LogP contribution < -0.4 is 20.9 Å². The van der Waals surface area contributed by atoms with Crippen molar-refractivity contribution in [3.8, 4) is 5.75 Å². The van der Waals surface area contributed by atoms with Gasteiger partial charge >= 0.3 is 0 Å². The molecule has 0 spiro atoms. The van der Waals surface area contributed by atoms with Crippen molar-refractivity contribution in [1.29, 1.82) is 0 Å². The highest BCUT2D eigenvalue weighted by atomic mass is 32.1. The van der Waals surface area contributed by atoms with Crippen molar-refractivity contribution in [3.63, 3.8) is 0 Å². The molecule has 1 aliphatic heterocycles. The monoisotopic (exact) mass is 345 g/mol. The summed E-state index contributed by atoms with van der Waals surface area (Å²) in [6.07, 6.45) is 0.749. The minimum atomic E-state index is -0.225. The molecule has 0 radical (unpaired) electrons. The molecule has 0 aliphatic carbocycles. The third-order valence-electron chi connectivity index (χ3n) is 4.05. The summed E-state index contributed by atoms with van der Waals surface area (Å²) in [4.78, 5) is 15.0. The maximum absolute atomic E-state index is 12.4. The van der Waals surface area contributed by atoms with Crippen LogP contribution >= 0.6 is 11.3 Å². The van der Waals surface area contributed by atoms with Crippen LogP contribution in [0.25, 0.3) is 0 Å². The van der Waals surface area contributed by atoms with E-state index in [4.69, 9.17) is 4.74 Å². The Bertz CT molecular complexity index is 701. The fourth-order valence-corrected chi connectivity index (χ4v) is 3.75. The zero-order chi connectivity index (χ0) is 16.9. The van der Waals surface area contributed by atoms with E-state index in [2.05, 4.69) is 35.2 Å². The van der Waals surface area contributed by atoms with Gasteiger partial charge in [-0.15, -0.1) is 11.3 Å². The summed E-state index contributed by atoms with van der Waals surface area (Å²) in [5.41, 5.74) is 7.32. The second kappa shape index (κ2) is 7.79. The normalized spacial score (nSPS) is 20.1. The van der Waals surface area contributed by atoms with E-state index in [1.165, 1.54) is 9.75 Å². The zero-order valence-electron chi connectivity index (χ0n) is 14.0. The molecule has 1 aromatic carbocycles. The highest BCUT2D eigenvalue weighted by molar-refractivity contribution is 7.12. The van der Waals surface area contributed by atoms with Gasteiger partial charge in [0, 0.05) is 21.9 Å². The number of benzene rings is 1. The molecule has 0 saturated carbocycles. The number of carbonyl (C=O) groups is 1. The molecule has 1 amide bonds. The van der Waals surface area contributed by atoms with Crippen molar-refractivity contribution in [2.24, 2.45) is 0 Å². The van der Waals surface area contributed by atoms with Crippen LogP contribution in [0.1, 0.15) is 34.7 Å². The topological polar surface area (TPSA) is 62.4 Å². The number of hydrogen-bond donors (Lipinski definition) is 3. The molecule has 128 valence electrons. The van der Waals surface area contributed by atoms with Crippen molar-refractivity contribution in [1.82, 2.24) is 16.2 Å². The van der Waals surface area contributed by atoms with Crippen LogP contribution in [0.5, 0.6) is 5.75 Å². The van der Waals surface area contributed by atoms with Gasteiger partial charge in [-0.2, -0.15) is 0 Å². The van der Waals surface area contributed by atoms with Gasteiger partial charge in [0.2, 0.25) is 5.91 Å². The average Bonchev–Trinajstić information content (AvgIpc) is 3.23. The number of amides is 1. The number of rotatable bonds is 6. The molecule has 2 aromatic rings. The van der Waals surface area contributed by atoms with Crippen molar-refractivity contribution in [2.75, 3.05) is 6.61 Å². The summed E-state index contributed by atoms with van der Waals surface area (Å²) in [6.45, 7) is 5.13. The number of aryl methyl sites for hydroxylation is 1. The van der Waals surface area contributed by atoms with Crippen molar-refractivity contribution >= 4 is 17.2 Å². The predicted octanol–water partition coefficient (Wildman–Crippen LogP) is 2.68. The fraction of sp³-hybridized carbons (Fsp3) is 0.389. The molecule has 2 atom stereocenters. The number of nitrogens with one attached hydrogen (secondary N) is 3. The molecule has 6 heteroatoms. The summed E-state index contributed by atoms with van der Waals surface area (Å²) in [5, 5.41) is 3.00. The summed E-state index contributed by atoms with van der Waals surface area (Å²) in [6, 6.07) is 12.0. The third kappa shape index (κ3) is 3.95. The molecule has 24 heavy (non-hydrogen) atoms. The van der Waals surface area contributed by atoms with Gasteiger partial charge < -0.3 is 10.1 Å². The highest BCUT2D eigenvalue weighted by Gasteiger charge is 2.30. The van der Waals surface area contributed by atoms with Gasteiger partial charge in [0.05, 0.1) is 12.6 Å². The molecular weight excluding hydrogens is 322 g/mol. The minimum Gasteiger partial charge on any atom is -0.494 e. The smallest absolute Gasteiger partial charge is 0.238 e. The Labute approximate surface area is 146 Å². The number of thiophene rings is 1. The van der Waals surface area contributed by atoms with E-state index in [1.54, 1.807) is 11.3 Å². The highest BCUT2D eigenvalue weighted by Crippen LogP contribution is 2.28. The Morgan fingerprint density at radius 1 is 1.29 bits per heavy atom. The first kappa shape index (κ1) is 17.0. The lowest BCUT2D eigenvalue weighted by Gasteiger charge is -2.13. The molecule has 1 aromatic heterocycles. The first-order chi connectivity index (χ1) is 11.7. The van der Waals surface area contributed by atoms with Crippen LogP contribution in [0, 0.1) is 6.92 Å². The lowest BCUT2D eigenvalue weighted by atomic mass is 10.1. The largest absolute Gasteiger partial charge is 0.494 e. The first-order valence-electron chi connectivity index (χ1n) is 8.23. The summed E-state index contributed by atoms with van der Waals surface area (Å²) >= 11 is 1.77. The summed E-state index contributed by atoms with van der Waals surface area (Å²) in [5.74, 6) is 0.828. The Balaban J connectivity index is 1.55. The molecule has 2 unspecified atom stereocenters. The molecule has 3 rings (SSSR count). The van der Waals surface area contributed by atoms with E-state index >= 15 is 0 Å². The standard InChI is InChI=1S/C18H23N3O2S/c1-3-23-16-7-5-4-6-13(16)11-19-18(22)15-10-14(20-21-15)17-9-8-12(2)24-17/h4-9,14-15,20-21H,3,10-11H2,1-2H3,(H,19,22).